The number of carbonyl (C=O) groups excluding carboxylic acids is 1. The van der Waals surface area contributed by atoms with Crippen LogP contribution < -0.4 is 5.32 Å². The number of hydrogen-bond donors (Lipinski definition) is 1. The Hall–Kier alpha value is -2.21. The second-order valence-corrected chi connectivity index (χ2v) is 6.20. The highest BCUT2D eigenvalue weighted by atomic mass is 79.9. The molecule has 0 aliphatic carbocycles. The number of halogens is 1. The van der Waals surface area contributed by atoms with Crippen molar-refractivity contribution in [1.82, 2.24) is 14.8 Å². The number of pyridine rings is 1. The zero-order valence-corrected chi connectivity index (χ0v) is 13.8. The second kappa shape index (κ2) is 5.88. The summed E-state index contributed by atoms with van der Waals surface area (Å²) in [6, 6.07) is 9.33. The molecule has 0 saturated carbocycles. The molecule has 6 heteroatoms. The molecular weight excluding hydrogens is 344 g/mol. The van der Waals surface area contributed by atoms with Gasteiger partial charge in [-0.15, -0.1) is 0 Å². The first-order valence-corrected chi connectivity index (χ1v) is 7.74. The first-order chi connectivity index (χ1) is 10.5. The van der Waals surface area contributed by atoms with Crippen molar-refractivity contribution in [1.29, 1.82) is 0 Å². The number of aromatic nitrogens is 3. The molecule has 0 aliphatic heterocycles. The number of carbonyl (C=O) groups is 1. The summed E-state index contributed by atoms with van der Waals surface area (Å²) in [4.78, 5) is 16.6. The predicted molar refractivity (Wildman–Crippen MR) is 90.0 cm³/mol. The third-order valence-corrected chi connectivity index (χ3v) is 3.82. The summed E-state index contributed by atoms with van der Waals surface area (Å²) in [5.74, 6) is -0.162. The molecule has 0 unspecified atom stereocenters. The van der Waals surface area contributed by atoms with Crippen LogP contribution in [0.3, 0.4) is 0 Å². The van der Waals surface area contributed by atoms with Gasteiger partial charge in [-0.1, -0.05) is 15.9 Å². The van der Waals surface area contributed by atoms with E-state index >= 15 is 0 Å². The van der Waals surface area contributed by atoms with Crippen molar-refractivity contribution in [2.75, 3.05) is 5.32 Å². The monoisotopic (exact) mass is 358 g/mol. The van der Waals surface area contributed by atoms with Gasteiger partial charge >= 0.3 is 0 Å². The Morgan fingerprint density at radius 2 is 1.95 bits per heavy atom. The van der Waals surface area contributed by atoms with Crippen LogP contribution in [0.5, 0.6) is 0 Å². The number of nitrogens with one attached hydrogen (secondary N) is 1. The molecule has 0 spiro atoms. The van der Waals surface area contributed by atoms with Gasteiger partial charge in [0.2, 0.25) is 0 Å². The maximum absolute atomic E-state index is 12.2. The Balaban J connectivity index is 1.85. The number of nitrogens with zero attached hydrogens (tertiary/aromatic N) is 3. The van der Waals surface area contributed by atoms with Gasteiger partial charge in [0, 0.05) is 21.5 Å². The van der Waals surface area contributed by atoms with Crippen LogP contribution in [0.15, 0.2) is 47.2 Å². The fraction of sp³-hybridized carbons (Fsp3) is 0.188. The van der Waals surface area contributed by atoms with Crippen LogP contribution >= 0.6 is 15.9 Å². The molecule has 0 bridgehead atoms. The summed E-state index contributed by atoms with van der Waals surface area (Å²) in [6.45, 7) is 4.11. The molecule has 22 heavy (non-hydrogen) atoms. The third-order valence-electron chi connectivity index (χ3n) is 3.29. The maximum Gasteiger partial charge on any atom is 0.255 e. The average Bonchev–Trinajstić information content (AvgIpc) is 2.91. The second-order valence-electron chi connectivity index (χ2n) is 5.28. The lowest BCUT2D eigenvalue weighted by molar-refractivity contribution is 0.102. The van der Waals surface area contributed by atoms with Crippen LogP contribution in [-0.2, 0) is 0 Å². The van der Waals surface area contributed by atoms with Gasteiger partial charge in [0.15, 0.2) is 5.65 Å². The molecule has 2 heterocycles. The molecule has 0 fully saturated rings. The summed E-state index contributed by atoms with van der Waals surface area (Å²) < 4.78 is 2.79. The Morgan fingerprint density at radius 3 is 2.64 bits per heavy atom. The number of rotatable bonds is 3. The zero-order valence-electron chi connectivity index (χ0n) is 12.2. The highest BCUT2D eigenvalue weighted by Gasteiger charge is 2.10. The van der Waals surface area contributed by atoms with E-state index in [1.807, 2.05) is 22.9 Å². The molecular formula is C16H15BrN4O. The Morgan fingerprint density at radius 1 is 1.23 bits per heavy atom. The topological polar surface area (TPSA) is 59.8 Å². The van der Waals surface area contributed by atoms with Gasteiger partial charge in [-0.05, 0) is 44.2 Å². The fourth-order valence-electron chi connectivity index (χ4n) is 2.19. The molecule has 5 nitrogen and oxygen atoms in total. The van der Waals surface area contributed by atoms with Gasteiger partial charge in [0.05, 0.1) is 18.1 Å². The van der Waals surface area contributed by atoms with E-state index in [9.17, 15) is 4.79 Å². The van der Waals surface area contributed by atoms with Crippen LogP contribution in [0, 0.1) is 0 Å². The van der Waals surface area contributed by atoms with E-state index in [-0.39, 0.29) is 11.9 Å². The molecule has 0 saturated heterocycles. The van der Waals surface area contributed by atoms with Gasteiger partial charge in [-0.3, -0.25) is 4.79 Å². The van der Waals surface area contributed by atoms with Crippen LogP contribution in [0.2, 0.25) is 0 Å². The molecule has 3 rings (SSSR count). The first-order valence-electron chi connectivity index (χ1n) is 6.95. The van der Waals surface area contributed by atoms with Crippen molar-refractivity contribution < 1.29 is 4.79 Å². The number of anilines is 1. The highest BCUT2D eigenvalue weighted by molar-refractivity contribution is 9.10. The van der Waals surface area contributed by atoms with E-state index in [0.29, 0.717) is 11.3 Å². The summed E-state index contributed by atoms with van der Waals surface area (Å²) >= 11 is 3.35. The minimum absolute atomic E-state index is 0.162. The van der Waals surface area contributed by atoms with Crippen molar-refractivity contribution >= 4 is 38.6 Å². The van der Waals surface area contributed by atoms with Crippen LogP contribution in [-0.4, -0.2) is 20.7 Å². The molecule has 1 N–H and O–H groups in total. The van der Waals surface area contributed by atoms with E-state index in [2.05, 4.69) is 45.2 Å². The van der Waals surface area contributed by atoms with Crippen LogP contribution in [0.1, 0.15) is 30.2 Å². The molecule has 0 atom stereocenters. The molecule has 0 radical (unpaired) electrons. The summed E-state index contributed by atoms with van der Waals surface area (Å²) in [7, 11) is 0. The summed E-state index contributed by atoms with van der Waals surface area (Å²) in [5, 5.41) is 8.08. The predicted octanol–water partition coefficient (Wildman–Crippen LogP) is 4.03. The van der Waals surface area contributed by atoms with E-state index in [0.717, 1.165) is 15.5 Å². The number of fused-ring (bicyclic) bond motifs is 1. The molecule has 3 aromatic rings. The number of hydrogen-bond acceptors (Lipinski definition) is 3. The highest BCUT2D eigenvalue weighted by Crippen LogP contribution is 2.19. The van der Waals surface area contributed by atoms with E-state index in [4.69, 9.17) is 0 Å². The molecule has 1 amide bonds. The molecule has 112 valence electrons. The summed E-state index contributed by atoms with van der Waals surface area (Å²) in [5.41, 5.74) is 2.07. The van der Waals surface area contributed by atoms with Crippen LogP contribution in [0.25, 0.3) is 11.0 Å². The van der Waals surface area contributed by atoms with Gasteiger partial charge in [0.25, 0.3) is 5.91 Å². The average molecular weight is 359 g/mol. The van der Waals surface area contributed by atoms with Gasteiger partial charge in [0.1, 0.15) is 0 Å². The number of benzene rings is 1. The first kappa shape index (κ1) is 14.7. The normalized spacial score (nSPS) is 11.1. The van der Waals surface area contributed by atoms with Gasteiger partial charge in [-0.2, -0.15) is 5.10 Å². The van der Waals surface area contributed by atoms with E-state index < -0.39 is 0 Å². The Labute approximate surface area is 136 Å². The SMILES string of the molecule is CC(C)n1ncc2cc(NC(=O)c3ccc(Br)cc3)cnc21. The third kappa shape index (κ3) is 2.87. The van der Waals surface area contributed by atoms with E-state index in [1.54, 1.807) is 24.5 Å². The van der Waals surface area contributed by atoms with Crippen molar-refractivity contribution in [2.24, 2.45) is 0 Å². The van der Waals surface area contributed by atoms with Crippen molar-refractivity contribution in [3.05, 3.63) is 52.8 Å². The van der Waals surface area contributed by atoms with Crippen molar-refractivity contribution in [3.8, 4) is 0 Å². The maximum atomic E-state index is 12.2. The van der Waals surface area contributed by atoms with E-state index in [1.165, 1.54) is 0 Å². The lowest BCUT2D eigenvalue weighted by Gasteiger charge is -2.07. The van der Waals surface area contributed by atoms with Crippen molar-refractivity contribution in [3.63, 3.8) is 0 Å². The van der Waals surface area contributed by atoms with Crippen molar-refractivity contribution in [2.45, 2.75) is 19.9 Å². The van der Waals surface area contributed by atoms with Gasteiger partial charge in [-0.25, -0.2) is 9.67 Å². The number of amides is 1. The lowest BCUT2D eigenvalue weighted by Crippen LogP contribution is -2.12. The summed E-state index contributed by atoms with van der Waals surface area (Å²) in [6.07, 6.45) is 3.41. The Kier molecular flexibility index (Phi) is 3.94. The Bertz CT molecular complexity index is 824. The molecule has 1 aromatic carbocycles. The molecule has 0 aliphatic rings. The smallest absolute Gasteiger partial charge is 0.255 e. The molecule has 2 aromatic heterocycles. The quantitative estimate of drug-likeness (QED) is 0.768. The van der Waals surface area contributed by atoms with Gasteiger partial charge < -0.3 is 5.32 Å². The standard InChI is InChI=1S/C16H15BrN4O/c1-10(2)21-15-12(8-19-21)7-14(9-18-15)20-16(22)11-3-5-13(17)6-4-11/h3-10H,1-2H3,(H,20,22). The fourth-order valence-corrected chi connectivity index (χ4v) is 2.46. The minimum atomic E-state index is -0.162. The minimum Gasteiger partial charge on any atom is -0.321 e. The lowest BCUT2D eigenvalue weighted by atomic mass is 10.2. The zero-order chi connectivity index (χ0) is 15.7. The van der Waals surface area contributed by atoms with Crippen LogP contribution in [0.4, 0.5) is 5.69 Å². The largest absolute Gasteiger partial charge is 0.321 e.